The molecule has 0 saturated heterocycles. The largest absolute Gasteiger partial charge is 0.383 e. The third kappa shape index (κ3) is 5.29. The number of nitrogens with zero attached hydrogens (tertiary/aromatic N) is 1. The summed E-state index contributed by atoms with van der Waals surface area (Å²) in [5.41, 5.74) is 0.820. The fraction of sp³-hybridized carbons (Fsp3) is 0.316. The van der Waals surface area contributed by atoms with Crippen molar-refractivity contribution in [2.75, 3.05) is 6.26 Å². The second-order valence-corrected chi connectivity index (χ2v) is 7.68. The van der Waals surface area contributed by atoms with Crippen molar-refractivity contribution in [2.45, 2.75) is 32.9 Å². The monoisotopic (exact) mass is 379 g/mol. The molecule has 0 heterocycles. The van der Waals surface area contributed by atoms with Crippen molar-refractivity contribution in [3.63, 3.8) is 0 Å². The predicted molar refractivity (Wildman–Crippen MR) is 97.9 cm³/mol. The van der Waals surface area contributed by atoms with E-state index in [-0.39, 0.29) is 29.8 Å². The zero-order chi connectivity index (χ0) is 19.3. The summed E-state index contributed by atoms with van der Waals surface area (Å²) in [4.78, 5) is 14.4. The lowest BCUT2D eigenvalue weighted by Crippen LogP contribution is -2.38. The van der Waals surface area contributed by atoms with Gasteiger partial charge in [-0.25, -0.2) is 4.39 Å². The Kier molecular flexibility index (Phi) is 6.37. The summed E-state index contributed by atoms with van der Waals surface area (Å²) in [7, 11) is -3.59. The number of hydrogen-bond acceptors (Lipinski definition) is 4. The molecule has 1 unspecified atom stereocenters. The SMILES string of the molecule is CCC(C)N(Cc1ccc(OS(C)(=O)=O)cc1)C(=O)c1ccccc1F. The normalized spacial score (nSPS) is 12.5. The highest BCUT2D eigenvalue weighted by Crippen LogP contribution is 2.19. The van der Waals surface area contributed by atoms with Gasteiger partial charge in [-0.2, -0.15) is 8.42 Å². The molecule has 0 aliphatic carbocycles. The molecule has 0 fully saturated rings. The van der Waals surface area contributed by atoms with Crippen LogP contribution >= 0.6 is 0 Å². The minimum atomic E-state index is -3.59. The van der Waals surface area contributed by atoms with Crippen molar-refractivity contribution in [1.82, 2.24) is 4.90 Å². The Balaban J connectivity index is 2.23. The van der Waals surface area contributed by atoms with Crippen LogP contribution < -0.4 is 4.18 Å². The predicted octanol–water partition coefficient (Wildman–Crippen LogP) is 3.61. The smallest absolute Gasteiger partial charge is 0.306 e. The van der Waals surface area contributed by atoms with Crippen LogP contribution in [0.1, 0.15) is 36.2 Å². The molecular weight excluding hydrogens is 357 g/mol. The Morgan fingerprint density at radius 2 is 1.77 bits per heavy atom. The van der Waals surface area contributed by atoms with Gasteiger partial charge < -0.3 is 9.08 Å². The molecule has 0 aliphatic rings. The summed E-state index contributed by atoms with van der Waals surface area (Å²) in [6.45, 7) is 4.14. The van der Waals surface area contributed by atoms with Gasteiger partial charge in [0.1, 0.15) is 11.6 Å². The number of hydrogen-bond donors (Lipinski definition) is 0. The minimum Gasteiger partial charge on any atom is -0.383 e. The maximum atomic E-state index is 14.0. The van der Waals surface area contributed by atoms with E-state index in [0.29, 0.717) is 0 Å². The molecule has 2 rings (SSSR count). The summed E-state index contributed by atoms with van der Waals surface area (Å²) in [6.07, 6.45) is 1.69. The van der Waals surface area contributed by atoms with Crippen molar-refractivity contribution >= 4 is 16.0 Å². The fourth-order valence-electron chi connectivity index (χ4n) is 2.46. The van der Waals surface area contributed by atoms with Gasteiger partial charge in [0, 0.05) is 12.6 Å². The molecule has 2 aromatic carbocycles. The highest BCUT2D eigenvalue weighted by Gasteiger charge is 2.23. The van der Waals surface area contributed by atoms with Gasteiger partial charge in [-0.1, -0.05) is 31.2 Å². The fourth-order valence-corrected chi connectivity index (χ4v) is 2.92. The van der Waals surface area contributed by atoms with E-state index in [2.05, 4.69) is 0 Å². The number of carbonyl (C=O) groups is 1. The van der Waals surface area contributed by atoms with E-state index in [1.807, 2.05) is 13.8 Å². The number of amides is 1. The van der Waals surface area contributed by atoms with Crippen LogP contribution in [0.5, 0.6) is 5.75 Å². The molecule has 0 saturated carbocycles. The highest BCUT2D eigenvalue weighted by molar-refractivity contribution is 7.86. The van der Waals surface area contributed by atoms with Crippen LogP contribution in [0.2, 0.25) is 0 Å². The molecule has 0 spiro atoms. The Morgan fingerprint density at radius 3 is 2.31 bits per heavy atom. The maximum Gasteiger partial charge on any atom is 0.306 e. The lowest BCUT2D eigenvalue weighted by Gasteiger charge is -2.29. The van der Waals surface area contributed by atoms with Crippen LogP contribution in [0.3, 0.4) is 0 Å². The topological polar surface area (TPSA) is 63.7 Å². The molecule has 0 N–H and O–H groups in total. The van der Waals surface area contributed by atoms with E-state index in [0.717, 1.165) is 18.2 Å². The van der Waals surface area contributed by atoms with E-state index >= 15 is 0 Å². The van der Waals surface area contributed by atoms with Gasteiger partial charge in [-0.05, 0) is 43.2 Å². The van der Waals surface area contributed by atoms with Gasteiger partial charge in [-0.3, -0.25) is 4.79 Å². The molecular formula is C19H22FNO4S. The maximum absolute atomic E-state index is 14.0. The Hall–Kier alpha value is -2.41. The molecule has 1 atom stereocenters. The second-order valence-electron chi connectivity index (χ2n) is 6.10. The van der Waals surface area contributed by atoms with E-state index in [1.165, 1.54) is 24.3 Å². The first-order chi connectivity index (χ1) is 12.2. The second kappa shape index (κ2) is 8.31. The van der Waals surface area contributed by atoms with E-state index in [4.69, 9.17) is 4.18 Å². The number of carbonyl (C=O) groups excluding carboxylic acids is 1. The Morgan fingerprint density at radius 1 is 1.15 bits per heavy atom. The molecule has 7 heteroatoms. The molecule has 2 aromatic rings. The number of halogens is 1. The average Bonchev–Trinajstić information content (AvgIpc) is 2.59. The lowest BCUT2D eigenvalue weighted by atomic mass is 10.1. The summed E-state index contributed by atoms with van der Waals surface area (Å²) in [5.74, 6) is -0.733. The van der Waals surface area contributed by atoms with Crippen molar-refractivity contribution in [1.29, 1.82) is 0 Å². The van der Waals surface area contributed by atoms with Gasteiger partial charge in [-0.15, -0.1) is 0 Å². The molecule has 5 nitrogen and oxygen atoms in total. The van der Waals surface area contributed by atoms with E-state index in [1.54, 1.807) is 29.2 Å². The highest BCUT2D eigenvalue weighted by atomic mass is 32.2. The molecule has 140 valence electrons. The van der Waals surface area contributed by atoms with Crippen LogP contribution in [-0.2, 0) is 16.7 Å². The number of benzene rings is 2. The molecule has 26 heavy (non-hydrogen) atoms. The standard InChI is InChI=1S/C19H22FNO4S/c1-4-14(2)21(19(22)17-7-5-6-8-18(17)20)13-15-9-11-16(12-10-15)25-26(3,23)24/h5-12,14H,4,13H2,1-3H3. The minimum absolute atomic E-state index is 0.0322. The van der Waals surface area contributed by atoms with Crippen LogP contribution in [0.15, 0.2) is 48.5 Å². The van der Waals surface area contributed by atoms with Crippen LogP contribution in [-0.4, -0.2) is 31.5 Å². The average molecular weight is 379 g/mol. The Bertz CT molecular complexity index is 865. The molecule has 1 amide bonds. The van der Waals surface area contributed by atoms with Gasteiger partial charge >= 0.3 is 10.1 Å². The van der Waals surface area contributed by atoms with Crippen LogP contribution in [0, 0.1) is 5.82 Å². The summed E-state index contributed by atoms with van der Waals surface area (Å²) >= 11 is 0. The zero-order valence-corrected chi connectivity index (χ0v) is 15.8. The van der Waals surface area contributed by atoms with Gasteiger partial charge in [0.2, 0.25) is 0 Å². The van der Waals surface area contributed by atoms with Crippen LogP contribution in [0.4, 0.5) is 4.39 Å². The third-order valence-electron chi connectivity index (χ3n) is 4.01. The van der Waals surface area contributed by atoms with Gasteiger partial charge in [0.15, 0.2) is 0 Å². The Labute approximate surface area is 153 Å². The van der Waals surface area contributed by atoms with Crippen molar-refractivity contribution in [2.24, 2.45) is 0 Å². The molecule has 0 bridgehead atoms. The van der Waals surface area contributed by atoms with Crippen molar-refractivity contribution < 1.29 is 21.8 Å². The van der Waals surface area contributed by atoms with E-state index in [9.17, 15) is 17.6 Å². The summed E-state index contributed by atoms with van der Waals surface area (Å²) in [6, 6.07) is 12.2. The van der Waals surface area contributed by atoms with Crippen molar-refractivity contribution in [3.05, 3.63) is 65.5 Å². The van der Waals surface area contributed by atoms with Gasteiger partial charge in [0.25, 0.3) is 5.91 Å². The molecule has 0 radical (unpaired) electrons. The van der Waals surface area contributed by atoms with E-state index < -0.39 is 15.9 Å². The van der Waals surface area contributed by atoms with Crippen LogP contribution in [0.25, 0.3) is 0 Å². The summed E-state index contributed by atoms with van der Waals surface area (Å²) in [5, 5.41) is 0. The van der Waals surface area contributed by atoms with Crippen molar-refractivity contribution in [3.8, 4) is 5.75 Å². The molecule has 0 aromatic heterocycles. The molecule has 0 aliphatic heterocycles. The lowest BCUT2D eigenvalue weighted by molar-refractivity contribution is 0.0666. The van der Waals surface area contributed by atoms with Gasteiger partial charge in [0.05, 0.1) is 11.8 Å². The first-order valence-electron chi connectivity index (χ1n) is 8.25. The summed E-state index contributed by atoms with van der Waals surface area (Å²) < 4.78 is 41.1. The first-order valence-corrected chi connectivity index (χ1v) is 10.1. The third-order valence-corrected chi connectivity index (χ3v) is 4.51. The quantitative estimate of drug-likeness (QED) is 0.690. The number of rotatable bonds is 7. The first kappa shape index (κ1) is 19.9. The zero-order valence-electron chi connectivity index (χ0n) is 15.0.